The van der Waals surface area contributed by atoms with E-state index in [0.29, 0.717) is 0 Å². The Morgan fingerprint density at radius 3 is 2.33 bits per heavy atom. The fraction of sp³-hybridized carbons (Fsp3) is 0.533. The lowest BCUT2D eigenvalue weighted by atomic mass is 9.87. The molecule has 1 atom stereocenters. The Morgan fingerprint density at radius 1 is 1.28 bits per heavy atom. The third-order valence-corrected chi connectivity index (χ3v) is 3.17. The molecule has 100 valence electrons. The molecule has 0 N–H and O–H groups in total. The molecule has 0 saturated carbocycles. The quantitative estimate of drug-likeness (QED) is 0.726. The lowest BCUT2D eigenvalue weighted by Crippen LogP contribution is -2.34. The Balaban J connectivity index is 3.01. The van der Waals surface area contributed by atoms with Gasteiger partial charge in [-0.3, -0.25) is 4.79 Å². The molecule has 3 heteroatoms. The molecule has 0 radical (unpaired) electrons. The fourth-order valence-electron chi connectivity index (χ4n) is 2.13. The predicted molar refractivity (Wildman–Crippen MR) is 73.3 cm³/mol. The highest BCUT2D eigenvalue weighted by molar-refractivity contribution is 5.66. The zero-order chi connectivity index (χ0) is 13.6. The Labute approximate surface area is 110 Å². The summed E-state index contributed by atoms with van der Waals surface area (Å²) in [6.07, 6.45) is 1.59. The molecule has 0 aliphatic rings. The topological polar surface area (TPSA) is 29.5 Å². The van der Waals surface area contributed by atoms with Crippen molar-refractivity contribution >= 4 is 5.97 Å². The molecule has 0 aliphatic carbocycles. The van der Waals surface area contributed by atoms with Gasteiger partial charge in [-0.25, -0.2) is 0 Å². The van der Waals surface area contributed by atoms with Crippen molar-refractivity contribution in [3.63, 3.8) is 0 Å². The van der Waals surface area contributed by atoms with Crippen LogP contribution in [0.5, 0.6) is 0 Å². The number of esters is 1. The van der Waals surface area contributed by atoms with Crippen LogP contribution in [0.4, 0.5) is 0 Å². The molecule has 0 fully saturated rings. The normalized spacial score (nSPS) is 14.3. The molecule has 0 bridgehead atoms. The molecule has 3 nitrogen and oxygen atoms in total. The summed E-state index contributed by atoms with van der Waals surface area (Å²) in [6.45, 7) is 4.42. The molecular formula is C15H23NO2. The van der Waals surface area contributed by atoms with Gasteiger partial charge in [-0.05, 0) is 26.1 Å². The number of rotatable bonds is 6. The first-order valence-corrected chi connectivity index (χ1v) is 6.40. The maximum atomic E-state index is 11.4. The number of hydrogen-bond acceptors (Lipinski definition) is 3. The van der Waals surface area contributed by atoms with Gasteiger partial charge in [0.05, 0.1) is 0 Å². The number of benzene rings is 1. The first-order valence-electron chi connectivity index (χ1n) is 6.40. The van der Waals surface area contributed by atoms with E-state index in [9.17, 15) is 4.79 Å². The van der Waals surface area contributed by atoms with Crippen LogP contribution in [-0.2, 0) is 15.1 Å². The number of ether oxygens (including phenoxy) is 1. The highest BCUT2D eigenvalue weighted by Gasteiger charge is 2.33. The van der Waals surface area contributed by atoms with Gasteiger partial charge in [-0.2, -0.15) is 0 Å². The third-order valence-electron chi connectivity index (χ3n) is 3.17. The van der Waals surface area contributed by atoms with Gasteiger partial charge in [0, 0.05) is 19.9 Å². The van der Waals surface area contributed by atoms with E-state index in [-0.39, 0.29) is 5.97 Å². The van der Waals surface area contributed by atoms with Crippen molar-refractivity contribution in [2.45, 2.75) is 32.3 Å². The van der Waals surface area contributed by atoms with E-state index < -0.39 is 5.60 Å². The average Bonchev–Trinajstić information content (AvgIpc) is 2.35. The Kier molecular flexibility index (Phi) is 5.35. The summed E-state index contributed by atoms with van der Waals surface area (Å²) in [5, 5.41) is 0. The third kappa shape index (κ3) is 3.84. The highest BCUT2D eigenvalue weighted by Crippen LogP contribution is 2.33. The van der Waals surface area contributed by atoms with E-state index >= 15 is 0 Å². The summed E-state index contributed by atoms with van der Waals surface area (Å²) in [5.41, 5.74) is 0.571. The first-order chi connectivity index (χ1) is 8.50. The number of carbonyl (C=O) groups is 1. The lowest BCUT2D eigenvalue weighted by Gasteiger charge is -2.33. The molecule has 0 amide bonds. The molecule has 0 heterocycles. The molecule has 1 aromatic carbocycles. The van der Waals surface area contributed by atoms with Gasteiger partial charge in [0.15, 0.2) is 0 Å². The largest absolute Gasteiger partial charge is 0.454 e. The molecule has 0 unspecified atom stereocenters. The zero-order valence-corrected chi connectivity index (χ0v) is 11.8. The van der Waals surface area contributed by atoms with Gasteiger partial charge in [-0.1, -0.05) is 37.3 Å². The lowest BCUT2D eigenvalue weighted by molar-refractivity contribution is -0.160. The highest BCUT2D eigenvalue weighted by atomic mass is 16.6. The molecule has 0 aromatic heterocycles. The monoisotopic (exact) mass is 249 g/mol. The first kappa shape index (κ1) is 14.7. The summed E-state index contributed by atoms with van der Waals surface area (Å²) in [7, 11) is 4.05. The SMILES string of the molecule is CC[C@@](CCN(C)C)(OC(C)=O)c1ccccc1. The van der Waals surface area contributed by atoms with Crippen molar-refractivity contribution in [3.05, 3.63) is 35.9 Å². The van der Waals surface area contributed by atoms with Crippen molar-refractivity contribution in [1.29, 1.82) is 0 Å². The molecule has 0 spiro atoms. The summed E-state index contributed by atoms with van der Waals surface area (Å²) >= 11 is 0. The van der Waals surface area contributed by atoms with Gasteiger partial charge in [0.2, 0.25) is 0 Å². The van der Waals surface area contributed by atoms with Crippen LogP contribution in [0.25, 0.3) is 0 Å². The van der Waals surface area contributed by atoms with E-state index in [1.807, 2.05) is 44.4 Å². The molecular weight excluding hydrogens is 226 g/mol. The van der Waals surface area contributed by atoms with Crippen LogP contribution in [0.3, 0.4) is 0 Å². The van der Waals surface area contributed by atoms with Gasteiger partial charge in [-0.15, -0.1) is 0 Å². The van der Waals surface area contributed by atoms with Crippen molar-refractivity contribution in [1.82, 2.24) is 4.90 Å². The Morgan fingerprint density at radius 2 is 1.89 bits per heavy atom. The molecule has 18 heavy (non-hydrogen) atoms. The van der Waals surface area contributed by atoms with Crippen molar-refractivity contribution < 1.29 is 9.53 Å². The van der Waals surface area contributed by atoms with E-state index in [0.717, 1.165) is 24.9 Å². The average molecular weight is 249 g/mol. The maximum absolute atomic E-state index is 11.4. The molecule has 1 aromatic rings. The van der Waals surface area contributed by atoms with Gasteiger partial charge in [0.25, 0.3) is 0 Å². The second-order valence-corrected chi connectivity index (χ2v) is 4.86. The minimum atomic E-state index is -0.503. The van der Waals surface area contributed by atoms with Crippen LogP contribution in [0.2, 0.25) is 0 Å². The number of carbonyl (C=O) groups excluding carboxylic acids is 1. The van der Waals surface area contributed by atoms with Crippen molar-refractivity contribution in [2.75, 3.05) is 20.6 Å². The Hall–Kier alpha value is -1.35. The predicted octanol–water partition coefficient (Wildman–Crippen LogP) is 2.81. The van der Waals surface area contributed by atoms with E-state index in [1.165, 1.54) is 6.92 Å². The second kappa shape index (κ2) is 6.55. The Bertz CT molecular complexity index is 375. The zero-order valence-electron chi connectivity index (χ0n) is 11.8. The van der Waals surface area contributed by atoms with Crippen LogP contribution < -0.4 is 0 Å². The second-order valence-electron chi connectivity index (χ2n) is 4.86. The van der Waals surface area contributed by atoms with E-state index in [2.05, 4.69) is 11.8 Å². The summed E-state index contributed by atoms with van der Waals surface area (Å²) < 4.78 is 5.66. The van der Waals surface area contributed by atoms with Gasteiger partial charge >= 0.3 is 5.97 Å². The van der Waals surface area contributed by atoms with Gasteiger partial charge < -0.3 is 9.64 Å². The maximum Gasteiger partial charge on any atom is 0.303 e. The van der Waals surface area contributed by atoms with Crippen LogP contribution in [0.1, 0.15) is 32.3 Å². The summed E-state index contributed by atoms with van der Waals surface area (Å²) in [6, 6.07) is 10.0. The molecule has 0 aliphatic heterocycles. The minimum absolute atomic E-state index is 0.223. The molecule has 1 rings (SSSR count). The van der Waals surface area contributed by atoms with Crippen LogP contribution >= 0.6 is 0 Å². The number of nitrogens with zero attached hydrogens (tertiary/aromatic N) is 1. The molecule has 0 saturated heterocycles. The van der Waals surface area contributed by atoms with Crippen LogP contribution in [0, 0.1) is 0 Å². The van der Waals surface area contributed by atoms with Crippen molar-refractivity contribution in [3.8, 4) is 0 Å². The standard InChI is InChI=1S/C15H23NO2/c1-5-15(18-13(2)17,11-12-16(3)4)14-9-7-6-8-10-14/h6-10H,5,11-12H2,1-4H3/t15-/m0/s1. The van der Waals surface area contributed by atoms with E-state index in [4.69, 9.17) is 4.74 Å². The van der Waals surface area contributed by atoms with E-state index in [1.54, 1.807) is 0 Å². The summed E-state index contributed by atoms with van der Waals surface area (Å²) in [5.74, 6) is -0.223. The summed E-state index contributed by atoms with van der Waals surface area (Å²) in [4.78, 5) is 13.5. The van der Waals surface area contributed by atoms with Crippen LogP contribution in [-0.4, -0.2) is 31.5 Å². The van der Waals surface area contributed by atoms with Crippen LogP contribution in [0.15, 0.2) is 30.3 Å². The number of hydrogen-bond donors (Lipinski definition) is 0. The van der Waals surface area contributed by atoms with Gasteiger partial charge in [0.1, 0.15) is 5.60 Å². The van der Waals surface area contributed by atoms with Crippen molar-refractivity contribution in [2.24, 2.45) is 0 Å². The fourth-order valence-corrected chi connectivity index (χ4v) is 2.13. The smallest absolute Gasteiger partial charge is 0.303 e. The minimum Gasteiger partial charge on any atom is -0.454 e.